The molecule has 0 heterocycles. The number of fused-ring (bicyclic) bond motifs is 3. The van der Waals surface area contributed by atoms with E-state index in [0.29, 0.717) is 11.8 Å². The van der Waals surface area contributed by atoms with Crippen LogP contribution in [0.4, 0.5) is 0 Å². The number of allylic oxidation sites excluding steroid dienone is 2. The number of esters is 1. The Morgan fingerprint density at radius 2 is 2.16 bits per heavy atom. The van der Waals surface area contributed by atoms with Crippen molar-refractivity contribution in [1.29, 1.82) is 0 Å². The van der Waals surface area contributed by atoms with Gasteiger partial charge < -0.3 is 9.84 Å². The van der Waals surface area contributed by atoms with E-state index in [4.69, 9.17) is 6.11 Å². The zero-order chi connectivity index (χ0) is 19.0. The van der Waals surface area contributed by atoms with Crippen molar-refractivity contribution in [3.8, 4) is 0 Å². The van der Waals surface area contributed by atoms with E-state index in [9.17, 15) is 9.90 Å². The lowest BCUT2D eigenvalue weighted by atomic mass is 9.46. The second-order valence-corrected chi connectivity index (χ2v) is 9.50. The third-order valence-electron chi connectivity index (χ3n) is 7.80. The number of aliphatic hydroxyl groups is 1. The van der Waals surface area contributed by atoms with Crippen molar-refractivity contribution in [2.45, 2.75) is 79.0 Å². The molecular weight excluding hydrogens is 312 g/mol. The lowest BCUT2D eigenvalue weighted by Gasteiger charge is -2.58. The molecule has 3 aliphatic carbocycles. The fourth-order valence-corrected chi connectivity index (χ4v) is 6.47. The van der Waals surface area contributed by atoms with Crippen LogP contribution in [0.2, 0.25) is 0 Å². The van der Waals surface area contributed by atoms with E-state index in [2.05, 4.69) is 26.8 Å². The summed E-state index contributed by atoms with van der Waals surface area (Å²) in [5.41, 5.74) is 1.48. The van der Waals surface area contributed by atoms with Crippen molar-refractivity contribution in [3.63, 3.8) is 0 Å². The Hall–Kier alpha value is -0.830. The summed E-state index contributed by atoms with van der Waals surface area (Å²) in [5, 5.41) is 9.43. The zero-order valence-electron chi connectivity index (χ0n) is 17.3. The molecule has 2 fully saturated rings. The fraction of sp³-hybridized carbons (Fsp3) is 0.864. The molecule has 25 heavy (non-hydrogen) atoms. The van der Waals surface area contributed by atoms with E-state index in [-0.39, 0.29) is 36.9 Å². The van der Waals surface area contributed by atoms with Crippen LogP contribution >= 0.6 is 0 Å². The smallest absolute Gasteiger partial charge is 0.312 e. The van der Waals surface area contributed by atoms with E-state index in [0.717, 1.165) is 44.9 Å². The van der Waals surface area contributed by atoms with Crippen LogP contribution in [0.15, 0.2) is 11.6 Å². The minimum absolute atomic E-state index is 0.0827. The SMILES string of the molecule is [3H]CCOC(=O)[C@@]1(C)CCC[C@@]2(C)C3=CC[C@](C)(CCO)CC3CCC21. The summed E-state index contributed by atoms with van der Waals surface area (Å²) in [6.45, 7) is 7.43. The van der Waals surface area contributed by atoms with E-state index < -0.39 is 5.41 Å². The van der Waals surface area contributed by atoms with Crippen LogP contribution in [0.25, 0.3) is 0 Å². The van der Waals surface area contributed by atoms with Gasteiger partial charge in [-0.1, -0.05) is 31.9 Å². The summed E-state index contributed by atoms with van der Waals surface area (Å²) in [6, 6.07) is 0. The topological polar surface area (TPSA) is 46.5 Å². The standard InChI is InChI=1S/C22H36O3/c1-5-25-19(24)22(4)11-6-10-21(3)17-9-12-20(2,13-14-23)15-16(17)7-8-18(21)22/h9,16,18,23H,5-8,10-15H2,1-4H3/t16?,18?,20-,21+,22+/m1/s1/i1T. The molecule has 0 bridgehead atoms. The van der Waals surface area contributed by atoms with Crippen LogP contribution in [0.3, 0.4) is 0 Å². The summed E-state index contributed by atoms with van der Waals surface area (Å²) < 4.78 is 12.7. The van der Waals surface area contributed by atoms with E-state index >= 15 is 0 Å². The first-order valence-electron chi connectivity index (χ1n) is 10.8. The van der Waals surface area contributed by atoms with E-state index in [1.807, 2.05) is 0 Å². The van der Waals surface area contributed by atoms with Gasteiger partial charge in [0.2, 0.25) is 0 Å². The highest BCUT2D eigenvalue weighted by molar-refractivity contribution is 5.77. The van der Waals surface area contributed by atoms with E-state index in [1.165, 1.54) is 6.42 Å². The minimum atomic E-state index is -0.417. The maximum Gasteiger partial charge on any atom is 0.312 e. The predicted octanol–water partition coefficient (Wildman–Crippen LogP) is 4.88. The summed E-state index contributed by atoms with van der Waals surface area (Å²) >= 11 is 0. The quantitative estimate of drug-likeness (QED) is 0.580. The highest BCUT2D eigenvalue weighted by atomic mass is 16.5. The van der Waals surface area contributed by atoms with Crippen molar-refractivity contribution in [1.82, 2.24) is 0 Å². The molecule has 5 atom stereocenters. The van der Waals surface area contributed by atoms with Gasteiger partial charge in [-0.2, -0.15) is 0 Å². The van der Waals surface area contributed by atoms with Gasteiger partial charge in [0.05, 0.1) is 12.0 Å². The molecule has 2 saturated carbocycles. The molecule has 3 heteroatoms. The lowest BCUT2D eigenvalue weighted by molar-refractivity contribution is -0.167. The molecule has 0 radical (unpaired) electrons. The van der Waals surface area contributed by atoms with E-state index in [1.54, 1.807) is 5.57 Å². The van der Waals surface area contributed by atoms with Gasteiger partial charge in [-0.15, -0.1) is 0 Å². The Morgan fingerprint density at radius 3 is 2.88 bits per heavy atom. The average Bonchev–Trinajstić information content (AvgIpc) is 2.59. The molecule has 3 rings (SSSR count). The molecule has 0 spiro atoms. The molecule has 0 aromatic carbocycles. The van der Waals surface area contributed by atoms with Gasteiger partial charge >= 0.3 is 5.97 Å². The first-order chi connectivity index (χ1) is 12.3. The Balaban J connectivity index is 1.87. The van der Waals surface area contributed by atoms with Gasteiger partial charge in [-0.25, -0.2) is 0 Å². The largest absolute Gasteiger partial charge is 0.466 e. The number of carbonyl (C=O) groups is 1. The molecule has 0 amide bonds. The van der Waals surface area contributed by atoms with Gasteiger partial charge in [0.15, 0.2) is 0 Å². The highest BCUT2D eigenvalue weighted by Crippen LogP contribution is 2.64. The number of ether oxygens (including phenoxy) is 1. The summed E-state index contributed by atoms with van der Waals surface area (Å²) in [7, 11) is 0. The van der Waals surface area contributed by atoms with Gasteiger partial charge in [-0.05, 0) is 81.4 Å². The first kappa shape index (κ1) is 17.6. The van der Waals surface area contributed by atoms with Crippen LogP contribution in [0.5, 0.6) is 0 Å². The highest BCUT2D eigenvalue weighted by Gasteiger charge is 2.58. The summed E-state index contributed by atoms with van der Waals surface area (Å²) in [4.78, 5) is 12.9. The van der Waals surface area contributed by atoms with Crippen LogP contribution in [-0.2, 0) is 9.53 Å². The van der Waals surface area contributed by atoms with Crippen LogP contribution in [-0.4, -0.2) is 24.3 Å². The fourth-order valence-electron chi connectivity index (χ4n) is 6.47. The molecular formula is C22H36O3. The molecule has 142 valence electrons. The number of hydrogen-bond acceptors (Lipinski definition) is 3. The second kappa shape index (κ2) is 6.72. The van der Waals surface area contributed by atoms with Gasteiger partial charge in [0, 0.05) is 7.98 Å². The maximum atomic E-state index is 12.9. The van der Waals surface area contributed by atoms with Crippen molar-refractivity contribution in [2.24, 2.45) is 28.1 Å². The molecule has 3 nitrogen and oxygen atoms in total. The lowest BCUT2D eigenvalue weighted by Crippen LogP contribution is -2.53. The summed E-state index contributed by atoms with van der Waals surface area (Å²) in [6.07, 6.45) is 10.9. The normalized spacial score (nSPS) is 44.2. The third-order valence-corrected chi connectivity index (χ3v) is 7.80. The Bertz CT molecular complexity index is 574. The van der Waals surface area contributed by atoms with Crippen molar-refractivity contribution in [3.05, 3.63) is 11.6 Å². The molecule has 0 aromatic heterocycles. The maximum absolute atomic E-state index is 12.9. The monoisotopic (exact) mass is 350 g/mol. The molecule has 2 unspecified atom stereocenters. The molecule has 1 N–H and O–H groups in total. The van der Waals surface area contributed by atoms with Crippen LogP contribution in [0.1, 0.15) is 80.4 Å². The summed E-state index contributed by atoms with van der Waals surface area (Å²) in [5.74, 6) is 0.862. The molecule has 3 aliphatic rings. The number of rotatable bonds is 4. The second-order valence-electron chi connectivity index (χ2n) is 9.50. The predicted molar refractivity (Wildman–Crippen MR) is 100 cm³/mol. The van der Waals surface area contributed by atoms with Gasteiger partial charge in [-0.3, -0.25) is 4.79 Å². The van der Waals surface area contributed by atoms with Crippen LogP contribution < -0.4 is 0 Å². The zero-order valence-corrected chi connectivity index (χ0v) is 16.3. The molecule has 0 aromatic rings. The van der Waals surface area contributed by atoms with Gasteiger partial charge in [0.25, 0.3) is 0 Å². The Kier molecular flexibility index (Phi) is 4.72. The van der Waals surface area contributed by atoms with Crippen molar-refractivity contribution < 1.29 is 16.0 Å². The van der Waals surface area contributed by atoms with Crippen molar-refractivity contribution >= 4 is 5.97 Å². The number of carbonyl (C=O) groups excluding carboxylic acids is 1. The van der Waals surface area contributed by atoms with Crippen LogP contribution in [0, 0.1) is 28.1 Å². The minimum Gasteiger partial charge on any atom is -0.466 e. The van der Waals surface area contributed by atoms with Crippen molar-refractivity contribution in [2.75, 3.05) is 13.2 Å². The molecule has 0 saturated heterocycles. The number of hydrogen-bond donors (Lipinski definition) is 1. The third kappa shape index (κ3) is 3.07. The number of aliphatic hydroxyl groups excluding tert-OH is 1. The Labute approximate surface area is 154 Å². The molecule has 0 aliphatic heterocycles. The average molecular weight is 351 g/mol. The Morgan fingerprint density at radius 1 is 1.36 bits per heavy atom. The first-order valence-corrected chi connectivity index (χ1v) is 10.1. The van der Waals surface area contributed by atoms with Gasteiger partial charge in [0.1, 0.15) is 0 Å².